The lowest BCUT2D eigenvalue weighted by molar-refractivity contribution is -0.136. The van der Waals surface area contributed by atoms with Crippen molar-refractivity contribution in [1.82, 2.24) is 23.6 Å². The Hall–Kier alpha value is -4.61. The molecule has 12 heteroatoms. The highest BCUT2D eigenvalue weighted by atomic mass is 16.5. The van der Waals surface area contributed by atoms with E-state index in [0.29, 0.717) is 17.2 Å². The highest BCUT2D eigenvalue weighted by molar-refractivity contribution is 5.95. The summed E-state index contributed by atoms with van der Waals surface area (Å²) in [6.07, 6.45) is 2.87. The van der Waals surface area contributed by atoms with Gasteiger partial charge in [0.15, 0.2) is 11.2 Å². The second kappa shape index (κ2) is 9.71. The lowest BCUT2D eigenvalue weighted by Gasteiger charge is -2.22. The Balaban J connectivity index is 1.61. The fourth-order valence-corrected chi connectivity index (χ4v) is 3.70. The van der Waals surface area contributed by atoms with Crippen LogP contribution in [0.15, 0.2) is 63.0 Å². The summed E-state index contributed by atoms with van der Waals surface area (Å²) in [6.45, 7) is -0.940. The molecule has 4 aromatic rings. The SMILES string of the molecule is COc1ccccc1NC(=O)CN(Cc1ccco1)C(=O)Cn1c(=O)c2c(ncn2C)n(C)c1=O. The predicted molar refractivity (Wildman–Crippen MR) is 126 cm³/mol. The first-order chi connectivity index (χ1) is 16.8. The van der Waals surface area contributed by atoms with Crippen LogP contribution in [-0.4, -0.2) is 49.1 Å². The molecule has 0 aliphatic carbocycles. The molecule has 0 saturated carbocycles. The van der Waals surface area contributed by atoms with Crippen molar-refractivity contribution in [3.8, 4) is 5.75 Å². The summed E-state index contributed by atoms with van der Waals surface area (Å²) < 4.78 is 14.1. The Kier molecular flexibility index (Phi) is 6.53. The fraction of sp³-hybridized carbons (Fsp3) is 0.261. The number of aryl methyl sites for hydroxylation is 2. The number of anilines is 1. The first-order valence-electron chi connectivity index (χ1n) is 10.6. The van der Waals surface area contributed by atoms with E-state index in [9.17, 15) is 19.2 Å². The minimum atomic E-state index is -0.689. The molecule has 1 N–H and O–H groups in total. The van der Waals surface area contributed by atoms with Crippen molar-refractivity contribution >= 4 is 28.7 Å². The number of fused-ring (bicyclic) bond motifs is 1. The van der Waals surface area contributed by atoms with Gasteiger partial charge in [-0.25, -0.2) is 14.3 Å². The van der Waals surface area contributed by atoms with Crippen LogP contribution in [0.1, 0.15) is 5.76 Å². The van der Waals surface area contributed by atoms with Crippen LogP contribution >= 0.6 is 0 Å². The van der Waals surface area contributed by atoms with Crippen molar-refractivity contribution in [1.29, 1.82) is 0 Å². The summed E-state index contributed by atoms with van der Waals surface area (Å²) in [5.74, 6) is -0.205. The van der Waals surface area contributed by atoms with Crippen LogP contribution < -0.4 is 21.3 Å². The van der Waals surface area contributed by atoms with Gasteiger partial charge >= 0.3 is 5.69 Å². The number of amides is 2. The molecule has 4 rings (SSSR count). The largest absolute Gasteiger partial charge is 0.495 e. The summed E-state index contributed by atoms with van der Waals surface area (Å²) in [6, 6.07) is 10.2. The smallest absolute Gasteiger partial charge is 0.332 e. The Morgan fingerprint density at radius 2 is 1.91 bits per heavy atom. The van der Waals surface area contributed by atoms with Gasteiger partial charge in [0.25, 0.3) is 5.56 Å². The van der Waals surface area contributed by atoms with Crippen molar-refractivity contribution in [2.75, 3.05) is 19.0 Å². The molecule has 35 heavy (non-hydrogen) atoms. The van der Waals surface area contributed by atoms with Crippen LogP contribution in [0.2, 0.25) is 0 Å². The van der Waals surface area contributed by atoms with Gasteiger partial charge < -0.3 is 23.9 Å². The van der Waals surface area contributed by atoms with Crippen LogP contribution in [0.4, 0.5) is 5.69 Å². The van der Waals surface area contributed by atoms with E-state index < -0.39 is 29.6 Å². The van der Waals surface area contributed by atoms with E-state index in [2.05, 4.69) is 10.3 Å². The molecule has 0 aliphatic rings. The highest BCUT2D eigenvalue weighted by Gasteiger charge is 2.23. The molecule has 3 aromatic heterocycles. The number of para-hydroxylation sites is 2. The number of aromatic nitrogens is 4. The Labute approximate surface area is 199 Å². The lowest BCUT2D eigenvalue weighted by Crippen LogP contribution is -2.46. The first-order valence-corrected chi connectivity index (χ1v) is 10.6. The van der Waals surface area contributed by atoms with Gasteiger partial charge in [0.05, 0.1) is 31.9 Å². The second-order valence-corrected chi connectivity index (χ2v) is 7.84. The summed E-state index contributed by atoms with van der Waals surface area (Å²) in [5.41, 5.74) is -0.489. The zero-order valence-corrected chi connectivity index (χ0v) is 19.4. The molecule has 2 amide bonds. The van der Waals surface area contributed by atoms with Crippen molar-refractivity contribution in [2.45, 2.75) is 13.1 Å². The van der Waals surface area contributed by atoms with Gasteiger partial charge in [0.2, 0.25) is 11.8 Å². The number of imidazole rings is 1. The molecule has 0 bridgehead atoms. The van der Waals surface area contributed by atoms with E-state index >= 15 is 0 Å². The molecule has 0 fully saturated rings. The van der Waals surface area contributed by atoms with Crippen LogP contribution in [0.3, 0.4) is 0 Å². The summed E-state index contributed by atoms with van der Waals surface area (Å²) in [4.78, 5) is 57.2. The molecular formula is C23H24N6O6. The topological polar surface area (TPSA) is 134 Å². The Morgan fingerprint density at radius 1 is 1.14 bits per heavy atom. The Morgan fingerprint density at radius 3 is 2.63 bits per heavy atom. The lowest BCUT2D eigenvalue weighted by atomic mass is 10.3. The highest BCUT2D eigenvalue weighted by Crippen LogP contribution is 2.23. The quantitative estimate of drug-likeness (QED) is 0.392. The van der Waals surface area contributed by atoms with Gasteiger partial charge in [-0.2, -0.15) is 0 Å². The van der Waals surface area contributed by atoms with E-state index in [4.69, 9.17) is 9.15 Å². The van der Waals surface area contributed by atoms with E-state index in [1.54, 1.807) is 43.4 Å². The summed E-state index contributed by atoms with van der Waals surface area (Å²) >= 11 is 0. The van der Waals surface area contributed by atoms with Gasteiger partial charge in [0.1, 0.15) is 24.6 Å². The van der Waals surface area contributed by atoms with Gasteiger partial charge in [-0.05, 0) is 24.3 Å². The number of hydrogen-bond donors (Lipinski definition) is 1. The maximum Gasteiger partial charge on any atom is 0.332 e. The molecule has 0 atom stereocenters. The van der Waals surface area contributed by atoms with Crippen molar-refractivity contribution in [3.63, 3.8) is 0 Å². The van der Waals surface area contributed by atoms with Gasteiger partial charge in [-0.15, -0.1) is 0 Å². The number of carbonyl (C=O) groups excluding carboxylic acids is 2. The average molecular weight is 480 g/mol. The van der Waals surface area contributed by atoms with E-state index in [1.807, 2.05) is 0 Å². The predicted octanol–water partition coefficient (Wildman–Crippen LogP) is 0.703. The van der Waals surface area contributed by atoms with Gasteiger partial charge in [-0.3, -0.25) is 19.0 Å². The number of nitrogens with one attached hydrogen (secondary N) is 1. The molecule has 0 aliphatic heterocycles. The van der Waals surface area contributed by atoms with Crippen LogP contribution in [0.5, 0.6) is 5.75 Å². The molecule has 12 nitrogen and oxygen atoms in total. The number of rotatable bonds is 8. The number of carbonyl (C=O) groups is 2. The number of benzene rings is 1. The van der Waals surface area contributed by atoms with Crippen LogP contribution in [-0.2, 0) is 36.8 Å². The third kappa shape index (κ3) is 4.71. The van der Waals surface area contributed by atoms with Gasteiger partial charge in [-0.1, -0.05) is 12.1 Å². The number of furan rings is 1. The number of ether oxygens (including phenoxy) is 1. The standard InChI is InChI=1S/C23H24N6O6/c1-26-14-24-21-20(26)22(32)29(23(33)27(21)2)13-19(31)28(11-15-7-6-10-35-15)12-18(30)25-16-8-4-5-9-17(16)34-3/h4-10,14H,11-13H2,1-3H3,(H,25,30). The third-order valence-corrected chi connectivity index (χ3v) is 5.49. The molecule has 0 radical (unpaired) electrons. The molecule has 0 saturated heterocycles. The maximum atomic E-state index is 13.3. The van der Waals surface area contributed by atoms with Crippen LogP contribution in [0, 0.1) is 0 Å². The normalized spacial score (nSPS) is 10.9. The fourth-order valence-electron chi connectivity index (χ4n) is 3.70. The number of methoxy groups -OCH3 is 1. The summed E-state index contributed by atoms with van der Waals surface area (Å²) in [7, 11) is 4.58. The number of hydrogen-bond acceptors (Lipinski definition) is 7. The molecular weight excluding hydrogens is 456 g/mol. The van der Waals surface area contributed by atoms with Crippen molar-refractivity contribution in [3.05, 3.63) is 75.6 Å². The van der Waals surface area contributed by atoms with E-state index in [-0.39, 0.29) is 24.3 Å². The minimum absolute atomic E-state index is 0.0335. The zero-order valence-electron chi connectivity index (χ0n) is 19.4. The number of nitrogens with zero attached hydrogens (tertiary/aromatic N) is 5. The van der Waals surface area contributed by atoms with E-state index in [1.165, 1.54) is 40.8 Å². The molecule has 0 unspecified atom stereocenters. The average Bonchev–Trinajstić information content (AvgIpc) is 3.50. The molecule has 3 heterocycles. The van der Waals surface area contributed by atoms with Crippen molar-refractivity contribution < 1.29 is 18.7 Å². The zero-order chi connectivity index (χ0) is 25.1. The first kappa shape index (κ1) is 23.5. The summed E-state index contributed by atoms with van der Waals surface area (Å²) in [5, 5.41) is 2.72. The minimum Gasteiger partial charge on any atom is -0.495 e. The van der Waals surface area contributed by atoms with E-state index in [0.717, 1.165) is 4.57 Å². The van der Waals surface area contributed by atoms with Crippen LogP contribution in [0.25, 0.3) is 11.2 Å². The monoisotopic (exact) mass is 480 g/mol. The molecule has 182 valence electrons. The van der Waals surface area contributed by atoms with Crippen molar-refractivity contribution in [2.24, 2.45) is 14.1 Å². The third-order valence-electron chi connectivity index (χ3n) is 5.49. The maximum absolute atomic E-state index is 13.3. The Bertz CT molecular complexity index is 1500. The van der Waals surface area contributed by atoms with Gasteiger partial charge in [0, 0.05) is 14.1 Å². The second-order valence-electron chi connectivity index (χ2n) is 7.84. The molecule has 0 spiro atoms. The molecule has 1 aromatic carbocycles.